The fraction of sp³-hybridized carbons (Fsp3) is 0.625. The fourth-order valence-corrected chi connectivity index (χ4v) is 3.04. The van der Waals surface area contributed by atoms with E-state index in [1.54, 1.807) is 0 Å². The van der Waals surface area contributed by atoms with E-state index in [-0.39, 0.29) is 6.10 Å². The summed E-state index contributed by atoms with van der Waals surface area (Å²) in [5, 5.41) is 12.8. The minimum Gasteiger partial charge on any atom is -0.390 e. The van der Waals surface area contributed by atoms with Gasteiger partial charge in [-0.25, -0.2) is 0 Å². The van der Waals surface area contributed by atoms with Crippen molar-refractivity contribution in [3.63, 3.8) is 0 Å². The molecule has 1 aromatic carbocycles. The number of benzene rings is 1. The van der Waals surface area contributed by atoms with Gasteiger partial charge in [-0.05, 0) is 18.7 Å². The molecule has 2 heterocycles. The van der Waals surface area contributed by atoms with Crippen LogP contribution in [0.3, 0.4) is 0 Å². The number of para-hydroxylation sites is 1. The number of β-amino-alcohol motifs (C(OH)–C–C–N with tert-alkyl or cyclic N) is 1. The van der Waals surface area contributed by atoms with E-state index in [0.29, 0.717) is 0 Å². The van der Waals surface area contributed by atoms with E-state index in [2.05, 4.69) is 51.3 Å². The number of likely N-dealkylation sites (N-methyl/N-ethyl adjacent to an activating group) is 1. The molecule has 3 rings (SSSR count). The Balaban J connectivity index is 1.54. The summed E-state index contributed by atoms with van der Waals surface area (Å²) >= 11 is 0. The first-order valence-electron chi connectivity index (χ1n) is 7.85. The first kappa shape index (κ1) is 14.8. The molecule has 2 N–H and O–H groups in total. The Labute approximate surface area is 127 Å². The predicted molar refractivity (Wildman–Crippen MR) is 85.4 cm³/mol. The van der Waals surface area contributed by atoms with E-state index in [4.69, 9.17) is 0 Å². The lowest BCUT2D eigenvalue weighted by Crippen LogP contribution is -2.53. The van der Waals surface area contributed by atoms with Gasteiger partial charge in [-0.2, -0.15) is 0 Å². The Morgan fingerprint density at radius 2 is 1.86 bits per heavy atom. The third kappa shape index (κ3) is 3.74. The van der Waals surface area contributed by atoms with Gasteiger partial charge >= 0.3 is 0 Å². The summed E-state index contributed by atoms with van der Waals surface area (Å²) in [5.74, 6) is 0. The normalized spacial score (nSPS) is 21.5. The summed E-state index contributed by atoms with van der Waals surface area (Å²) < 4.78 is 0. The third-order valence-corrected chi connectivity index (χ3v) is 4.42. The lowest BCUT2D eigenvalue weighted by Gasteiger charge is -2.36. The van der Waals surface area contributed by atoms with Crippen LogP contribution >= 0.6 is 0 Å². The van der Waals surface area contributed by atoms with Gasteiger partial charge in [0.15, 0.2) is 0 Å². The van der Waals surface area contributed by atoms with Crippen LogP contribution in [0.15, 0.2) is 24.3 Å². The number of piperazine rings is 1. The molecule has 0 aliphatic carbocycles. The first-order chi connectivity index (χ1) is 10.2. The Morgan fingerprint density at radius 3 is 2.57 bits per heavy atom. The summed E-state index contributed by atoms with van der Waals surface area (Å²) in [5.41, 5.74) is 2.73. The average Bonchev–Trinajstić information content (AvgIpc) is 2.47. The van der Waals surface area contributed by atoms with Crippen molar-refractivity contribution in [3.05, 3.63) is 29.8 Å². The van der Waals surface area contributed by atoms with Crippen molar-refractivity contribution >= 4 is 5.69 Å². The first-order valence-corrected chi connectivity index (χ1v) is 7.85. The van der Waals surface area contributed by atoms with Crippen LogP contribution in [-0.2, 0) is 6.54 Å². The molecule has 0 unspecified atom stereocenters. The van der Waals surface area contributed by atoms with Crippen molar-refractivity contribution in [2.24, 2.45) is 0 Å². The molecule has 21 heavy (non-hydrogen) atoms. The number of nitrogens with zero attached hydrogens (tertiary/aromatic N) is 3. The van der Waals surface area contributed by atoms with E-state index < -0.39 is 0 Å². The van der Waals surface area contributed by atoms with Crippen molar-refractivity contribution in [2.45, 2.75) is 12.6 Å². The van der Waals surface area contributed by atoms with Crippen LogP contribution in [0.2, 0.25) is 0 Å². The Morgan fingerprint density at radius 1 is 1.14 bits per heavy atom. The Hall–Kier alpha value is -1.14. The molecule has 0 saturated carbocycles. The summed E-state index contributed by atoms with van der Waals surface area (Å²) in [6.07, 6.45) is -0.121. The number of rotatable bonds is 5. The molecule has 116 valence electrons. The maximum absolute atomic E-state index is 9.29. The topological polar surface area (TPSA) is 42.0 Å². The molecule has 5 nitrogen and oxygen atoms in total. The van der Waals surface area contributed by atoms with Crippen molar-refractivity contribution < 1.29 is 5.11 Å². The van der Waals surface area contributed by atoms with Gasteiger partial charge in [-0.1, -0.05) is 18.2 Å². The van der Waals surface area contributed by atoms with Crippen LogP contribution in [0.5, 0.6) is 0 Å². The van der Waals surface area contributed by atoms with Gasteiger partial charge in [0.2, 0.25) is 0 Å². The monoisotopic (exact) mass is 290 g/mol. The molecule has 0 spiro atoms. The van der Waals surface area contributed by atoms with Crippen molar-refractivity contribution in [2.75, 3.05) is 57.9 Å². The highest BCUT2D eigenvalue weighted by atomic mass is 16.3. The second-order valence-corrected chi connectivity index (χ2v) is 6.19. The molecule has 0 bridgehead atoms. The quantitative estimate of drug-likeness (QED) is 0.809. The SMILES string of the molecule is CN1CCN(c2ccccc2CNCN2CC(O)C2)CC1. The van der Waals surface area contributed by atoms with E-state index in [9.17, 15) is 5.11 Å². The number of hydrogen-bond donors (Lipinski definition) is 2. The lowest BCUT2D eigenvalue weighted by molar-refractivity contribution is -0.00258. The van der Waals surface area contributed by atoms with E-state index in [0.717, 1.165) is 52.5 Å². The molecule has 5 heteroatoms. The summed E-state index contributed by atoms with van der Waals surface area (Å²) in [6.45, 7) is 7.81. The highest BCUT2D eigenvalue weighted by Crippen LogP contribution is 2.21. The average molecular weight is 290 g/mol. The van der Waals surface area contributed by atoms with Crippen molar-refractivity contribution in [1.29, 1.82) is 0 Å². The number of hydrogen-bond acceptors (Lipinski definition) is 5. The van der Waals surface area contributed by atoms with Crippen LogP contribution in [0.25, 0.3) is 0 Å². The highest BCUT2D eigenvalue weighted by Gasteiger charge is 2.23. The van der Waals surface area contributed by atoms with Gasteiger partial charge in [0, 0.05) is 58.2 Å². The molecular formula is C16H26N4O. The molecule has 2 aliphatic heterocycles. The minimum absolute atomic E-state index is 0.121. The van der Waals surface area contributed by atoms with Gasteiger partial charge in [-0.3, -0.25) is 4.90 Å². The second kappa shape index (κ2) is 6.75. The van der Waals surface area contributed by atoms with Gasteiger partial charge < -0.3 is 20.2 Å². The maximum Gasteiger partial charge on any atom is 0.0794 e. The smallest absolute Gasteiger partial charge is 0.0794 e. The summed E-state index contributed by atoms with van der Waals surface area (Å²) in [7, 11) is 2.19. The number of aliphatic hydroxyl groups excluding tert-OH is 1. The van der Waals surface area contributed by atoms with Gasteiger partial charge in [0.1, 0.15) is 0 Å². The third-order valence-electron chi connectivity index (χ3n) is 4.42. The number of anilines is 1. The molecule has 1 aromatic rings. The number of likely N-dealkylation sites (tertiary alicyclic amines) is 1. The van der Waals surface area contributed by atoms with Crippen LogP contribution in [0.1, 0.15) is 5.56 Å². The van der Waals surface area contributed by atoms with Crippen LogP contribution in [0, 0.1) is 0 Å². The zero-order chi connectivity index (χ0) is 14.7. The van der Waals surface area contributed by atoms with E-state index in [1.165, 1.54) is 11.3 Å². The van der Waals surface area contributed by atoms with Crippen LogP contribution < -0.4 is 10.2 Å². The molecule has 0 radical (unpaired) electrons. The number of nitrogens with one attached hydrogen (secondary N) is 1. The van der Waals surface area contributed by atoms with Gasteiger partial charge in [-0.15, -0.1) is 0 Å². The molecule has 0 amide bonds. The molecular weight excluding hydrogens is 264 g/mol. The van der Waals surface area contributed by atoms with E-state index >= 15 is 0 Å². The highest BCUT2D eigenvalue weighted by molar-refractivity contribution is 5.54. The van der Waals surface area contributed by atoms with Crippen LogP contribution in [-0.4, -0.2) is 74.0 Å². The van der Waals surface area contributed by atoms with Crippen molar-refractivity contribution in [3.8, 4) is 0 Å². The van der Waals surface area contributed by atoms with E-state index in [1.807, 2.05) is 0 Å². The van der Waals surface area contributed by atoms with Crippen molar-refractivity contribution in [1.82, 2.24) is 15.1 Å². The summed E-state index contributed by atoms with van der Waals surface area (Å²) in [6, 6.07) is 8.69. The van der Waals surface area contributed by atoms with Gasteiger partial charge in [0.25, 0.3) is 0 Å². The predicted octanol–water partition coefficient (Wildman–Crippen LogP) is 0.162. The largest absolute Gasteiger partial charge is 0.390 e. The maximum atomic E-state index is 9.29. The number of aliphatic hydroxyl groups is 1. The molecule has 0 atom stereocenters. The molecule has 2 aliphatic rings. The molecule has 0 aromatic heterocycles. The standard InChI is InChI=1S/C16H26N4O/c1-18-6-8-20(9-7-18)16-5-3-2-4-14(16)10-17-13-19-11-15(21)12-19/h2-5,15,17,21H,6-13H2,1H3. The second-order valence-electron chi connectivity index (χ2n) is 6.19. The van der Waals surface area contributed by atoms with Gasteiger partial charge in [0.05, 0.1) is 6.10 Å². The minimum atomic E-state index is -0.121. The fourth-order valence-electron chi connectivity index (χ4n) is 3.04. The Bertz CT molecular complexity index is 453. The zero-order valence-corrected chi connectivity index (χ0v) is 12.8. The Kier molecular flexibility index (Phi) is 4.75. The van der Waals surface area contributed by atoms with Crippen LogP contribution in [0.4, 0.5) is 5.69 Å². The molecule has 2 fully saturated rings. The zero-order valence-electron chi connectivity index (χ0n) is 12.8. The molecule has 2 saturated heterocycles. The summed E-state index contributed by atoms with van der Waals surface area (Å²) in [4.78, 5) is 7.10. The lowest BCUT2D eigenvalue weighted by atomic mass is 10.1.